The zero-order valence-electron chi connectivity index (χ0n) is 22.4. The van der Waals surface area contributed by atoms with Gasteiger partial charge in [0, 0.05) is 42.8 Å². The summed E-state index contributed by atoms with van der Waals surface area (Å²) in [6.45, 7) is 8.27. The number of non-ortho nitro benzene ring substituents is 1. The number of methoxy groups -OCH3 is 1. The minimum atomic E-state index is -0.841. The fourth-order valence-corrected chi connectivity index (χ4v) is 4.58. The Hall–Kier alpha value is -4.03. The topological polar surface area (TPSA) is 141 Å². The highest BCUT2D eigenvalue weighted by atomic mass is 16.6. The largest absolute Gasteiger partial charge is 0.494 e. The van der Waals surface area contributed by atoms with E-state index >= 15 is 0 Å². The lowest BCUT2D eigenvalue weighted by molar-refractivity contribution is -0.384. The number of hydrogen-bond donors (Lipinski definition) is 2. The Morgan fingerprint density at radius 3 is 2.49 bits per heavy atom. The van der Waals surface area contributed by atoms with Crippen molar-refractivity contribution in [2.24, 2.45) is 5.92 Å². The average molecular weight is 539 g/mol. The first-order valence-corrected chi connectivity index (χ1v) is 13.0. The number of ether oxygens (including phenoxy) is 2. The summed E-state index contributed by atoms with van der Waals surface area (Å²) >= 11 is 0. The van der Waals surface area contributed by atoms with Gasteiger partial charge >= 0.3 is 0 Å². The highest BCUT2D eigenvalue weighted by molar-refractivity contribution is 6.08. The van der Waals surface area contributed by atoms with Gasteiger partial charge in [0.1, 0.15) is 17.3 Å². The number of anilines is 1. The number of carbonyl (C=O) groups is 2. The van der Waals surface area contributed by atoms with E-state index in [0.717, 1.165) is 19.6 Å². The summed E-state index contributed by atoms with van der Waals surface area (Å²) < 4.78 is 12.8. The van der Waals surface area contributed by atoms with Gasteiger partial charge < -0.3 is 20.1 Å². The van der Waals surface area contributed by atoms with Crippen LogP contribution >= 0.6 is 0 Å². The molecule has 0 spiro atoms. The molecule has 2 aromatic carbocycles. The highest BCUT2D eigenvalue weighted by Gasteiger charge is 2.27. The van der Waals surface area contributed by atoms with E-state index in [2.05, 4.69) is 20.6 Å². The van der Waals surface area contributed by atoms with Gasteiger partial charge in [-0.3, -0.25) is 29.3 Å². The normalized spacial score (nSPS) is 14.8. The monoisotopic (exact) mass is 538 g/mol. The van der Waals surface area contributed by atoms with Crippen LogP contribution in [0.2, 0.25) is 0 Å². The molecule has 0 unspecified atom stereocenters. The van der Waals surface area contributed by atoms with Crippen LogP contribution in [0.4, 0.5) is 11.4 Å². The van der Waals surface area contributed by atoms with Crippen molar-refractivity contribution in [2.75, 3.05) is 45.3 Å². The molecule has 1 aliphatic rings. The Kier molecular flexibility index (Phi) is 9.10. The molecule has 0 aliphatic carbocycles. The van der Waals surface area contributed by atoms with Gasteiger partial charge in [0.2, 0.25) is 5.91 Å². The maximum Gasteiger partial charge on any atom is 0.273 e. The number of aromatic nitrogens is 2. The predicted molar refractivity (Wildman–Crippen MR) is 146 cm³/mol. The van der Waals surface area contributed by atoms with Crippen LogP contribution in [0.15, 0.2) is 42.5 Å². The lowest BCUT2D eigenvalue weighted by Crippen LogP contribution is -2.44. The van der Waals surface area contributed by atoms with Crippen LogP contribution in [0.25, 0.3) is 10.9 Å². The molecule has 12 heteroatoms. The van der Waals surface area contributed by atoms with Gasteiger partial charge in [0.05, 0.1) is 31.8 Å². The Labute approximate surface area is 226 Å². The fraction of sp³-hybridized carbons (Fsp3) is 0.444. The molecule has 12 nitrogen and oxygen atoms in total. The van der Waals surface area contributed by atoms with Crippen molar-refractivity contribution in [3.05, 3.63) is 58.3 Å². The van der Waals surface area contributed by atoms with Gasteiger partial charge in [-0.05, 0) is 30.5 Å². The van der Waals surface area contributed by atoms with Crippen LogP contribution in [0.1, 0.15) is 30.8 Å². The van der Waals surface area contributed by atoms with Crippen molar-refractivity contribution in [2.45, 2.75) is 32.9 Å². The molecule has 0 radical (unpaired) electrons. The van der Waals surface area contributed by atoms with Crippen LogP contribution in [0.3, 0.4) is 0 Å². The smallest absolute Gasteiger partial charge is 0.273 e. The molecule has 1 atom stereocenters. The van der Waals surface area contributed by atoms with Gasteiger partial charge in [-0.15, -0.1) is 0 Å². The number of nitro benzene ring substituents is 1. The predicted octanol–water partition coefficient (Wildman–Crippen LogP) is 3.07. The number of amides is 2. The summed E-state index contributed by atoms with van der Waals surface area (Å²) in [7, 11) is 1.58. The SMILES string of the molecule is COc1cccc2c(C(=O)N[C@@H](CC(C)C)C(=O)Nc3ccc([N+](=O)[O-])cc3)nn(CCN3CCOCC3)c12. The molecule has 2 heterocycles. The number of carbonyl (C=O) groups excluding carboxylic acids is 2. The van der Waals surface area contributed by atoms with E-state index in [4.69, 9.17) is 9.47 Å². The summed E-state index contributed by atoms with van der Waals surface area (Å²) in [5, 5.41) is 21.8. The van der Waals surface area contributed by atoms with Gasteiger partial charge in [-0.2, -0.15) is 5.10 Å². The molecule has 2 amide bonds. The van der Waals surface area contributed by atoms with E-state index < -0.39 is 22.8 Å². The zero-order valence-corrected chi connectivity index (χ0v) is 22.4. The van der Waals surface area contributed by atoms with Crippen LogP contribution in [0.5, 0.6) is 5.75 Å². The minimum Gasteiger partial charge on any atom is -0.494 e. The van der Waals surface area contributed by atoms with Crippen LogP contribution in [-0.4, -0.2) is 77.4 Å². The lowest BCUT2D eigenvalue weighted by Gasteiger charge is -2.26. The number of rotatable bonds is 11. The first-order valence-electron chi connectivity index (χ1n) is 13.0. The number of nitrogens with one attached hydrogen (secondary N) is 2. The van der Waals surface area contributed by atoms with Crippen LogP contribution in [0, 0.1) is 16.0 Å². The maximum atomic E-state index is 13.5. The summed E-state index contributed by atoms with van der Waals surface area (Å²) in [6, 6.07) is 10.2. The number of para-hydroxylation sites is 1. The lowest BCUT2D eigenvalue weighted by atomic mass is 10.0. The third kappa shape index (κ3) is 6.89. The quantitative estimate of drug-likeness (QED) is 0.280. The van der Waals surface area contributed by atoms with E-state index in [1.54, 1.807) is 17.9 Å². The van der Waals surface area contributed by atoms with Crippen LogP contribution < -0.4 is 15.4 Å². The Balaban J connectivity index is 1.55. The second kappa shape index (κ2) is 12.7. The molecule has 1 aromatic heterocycles. The molecular formula is C27H34N6O6. The van der Waals surface area contributed by atoms with Crippen LogP contribution in [-0.2, 0) is 16.1 Å². The summed E-state index contributed by atoms with van der Waals surface area (Å²) in [4.78, 5) is 39.4. The van der Waals surface area contributed by atoms with Gasteiger partial charge in [-0.25, -0.2) is 0 Å². The molecule has 1 aliphatic heterocycles. The molecular weight excluding hydrogens is 504 g/mol. The molecule has 208 valence electrons. The van der Waals surface area contributed by atoms with E-state index in [9.17, 15) is 19.7 Å². The number of nitrogens with zero attached hydrogens (tertiary/aromatic N) is 4. The Morgan fingerprint density at radius 1 is 1.13 bits per heavy atom. The molecule has 39 heavy (non-hydrogen) atoms. The number of nitro groups is 1. The fourth-order valence-electron chi connectivity index (χ4n) is 4.58. The number of fused-ring (bicyclic) bond motifs is 1. The van der Waals surface area contributed by atoms with E-state index in [-0.39, 0.29) is 17.3 Å². The average Bonchev–Trinajstić information content (AvgIpc) is 3.31. The summed E-state index contributed by atoms with van der Waals surface area (Å²) in [6.07, 6.45) is 0.392. The second-order valence-electron chi connectivity index (χ2n) is 9.83. The van der Waals surface area contributed by atoms with Crippen molar-refractivity contribution in [3.8, 4) is 5.75 Å². The van der Waals surface area contributed by atoms with Crippen molar-refractivity contribution in [1.82, 2.24) is 20.0 Å². The van der Waals surface area contributed by atoms with E-state index in [1.807, 2.05) is 26.0 Å². The number of hydrogen-bond acceptors (Lipinski definition) is 8. The summed E-state index contributed by atoms with van der Waals surface area (Å²) in [5.41, 5.74) is 1.25. The third-order valence-corrected chi connectivity index (χ3v) is 6.57. The van der Waals surface area contributed by atoms with Gasteiger partial charge in [0.15, 0.2) is 5.69 Å². The van der Waals surface area contributed by atoms with Crippen molar-refractivity contribution in [3.63, 3.8) is 0 Å². The molecule has 1 fully saturated rings. The second-order valence-corrected chi connectivity index (χ2v) is 9.83. The third-order valence-electron chi connectivity index (χ3n) is 6.57. The Bertz CT molecular complexity index is 1320. The maximum absolute atomic E-state index is 13.5. The standard InChI is InChI=1S/C27H34N6O6/c1-18(2)17-22(26(34)28-19-7-9-20(10-8-19)33(36)37)29-27(35)24-21-5-4-6-23(38-3)25(21)32(30-24)12-11-31-13-15-39-16-14-31/h4-10,18,22H,11-17H2,1-3H3,(H,28,34)(H,29,35)/t22-/m0/s1. The molecule has 0 bridgehead atoms. The highest BCUT2D eigenvalue weighted by Crippen LogP contribution is 2.28. The minimum absolute atomic E-state index is 0.0773. The first-order chi connectivity index (χ1) is 18.8. The van der Waals surface area contributed by atoms with E-state index in [1.165, 1.54) is 24.3 Å². The Morgan fingerprint density at radius 2 is 1.85 bits per heavy atom. The van der Waals surface area contributed by atoms with E-state index in [0.29, 0.717) is 48.5 Å². The first kappa shape index (κ1) is 28.0. The molecule has 0 saturated carbocycles. The molecule has 2 N–H and O–H groups in total. The van der Waals surface area contributed by atoms with Gasteiger partial charge in [0.25, 0.3) is 11.6 Å². The summed E-state index contributed by atoms with van der Waals surface area (Å²) in [5.74, 6) is -0.168. The molecule has 1 saturated heterocycles. The van der Waals surface area contributed by atoms with Crippen molar-refractivity contribution >= 4 is 34.1 Å². The zero-order chi connectivity index (χ0) is 27.9. The van der Waals surface area contributed by atoms with Gasteiger partial charge in [-0.1, -0.05) is 26.0 Å². The van der Waals surface area contributed by atoms with Crippen molar-refractivity contribution in [1.29, 1.82) is 0 Å². The van der Waals surface area contributed by atoms with Crippen molar-refractivity contribution < 1.29 is 24.0 Å². The molecule has 4 rings (SSSR count). The molecule has 3 aromatic rings. The number of morpholine rings is 1. The number of benzene rings is 2.